The maximum absolute atomic E-state index is 15.6. The number of hydrogen-bond acceptors (Lipinski definition) is 4. The molecule has 2 aliphatic heterocycles. The smallest absolute Gasteiger partial charge is 0.136 e. The molecule has 2 atom stereocenters. The first kappa shape index (κ1) is 24.0. The van der Waals surface area contributed by atoms with Crippen LogP contribution in [0, 0.1) is 0 Å². The highest BCUT2D eigenvalue weighted by Gasteiger charge is 2.42. The van der Waals surface area contributed by atoms with Crippen molar-refractivity contribution in [3.05, 3.63) is 0 Å². The van der Waals surface area contributed by atoms with E-state index in [-0.39, 0.29) is 5.54 Å². The van der Waals surface area contributed by atoms with Crippen molar-refractivity contribution in [3.63, 3.8) is 0 Å². The molecule has 2 saturated heterocycles. The molecule has 1 unspecified atom stereocenters. The minimum atomic E-state index is -1.15. The molecule has 0 aromatic rings. The van der Waals surface area contributed by atoms with Gasteiger partial charge in [-0.3, -0.25) is 9.80 Å². The standard InChI is InChI=1S/C22H44F2N4/c1-19(2)27-12-8-10-22(24,17-27)16-26(7)14-20(3,4)28-13-9-11-21(23,18-28)15-25(5)6/h19H,8-18H2,1-7H3/t21-,22?/m0/s1. The van der Waals surface area contributed by atoms with Crippen molar-refractivity contribution in [2.75, 3.05) is 67.0 Å². The number of likely N-dealkylation sites (tertiary alicyclic amines) is 2. The van der Waals surface area contributed by atoms with Crippen LogP contribution in [0.1, 0.15) is 53.4 Å². The van der Waals surface area contributed by atoms with Crippen LogP contribution in [0.5, 0.6) is 0 Å². The van der Waals surface area contributed by atoms with Gasteiger partial charge in [-0.1, -0.05) is 0 Å². The maximum Gasteiger partial charge on any atom is 0.136 e. The fourth-order valence-electron chi connectivity index (χ4n) is 5.29. The fourth-order valence-corrected chi connectivity index (χ4v) is 5.29. The number of halogens is 2. The van der Waals surface area contributed by atoms with Gasteiger partial charge in [0.2, 0.25) is 0 Å². The molecule has 0 N–H and O–H groups in total. The van der Waals surface area contributed by atoms with Crippen molar-refractivity contribution in [2.24, 2.45) is 0 Å². The Morgan fingerprint density at radius 1 is 0.929 bits per heavy atom. The lowest BCUT2D eigenvalue weighted by Crippen LogP contribution is -2.61. The molecular formula is C22H44F2N4. The molecule has 6 heteroatoms. The zero-order valence-electron chi connectivity index (χ0n) is 19.4. The summed E-state index contributed by atoms with van der Waals surface area (Å²) in [4.78, 5) is 8.61. The Kier molecular flexibility index (Phi) is 7.91. The Balaban J connectivity index is 1.95. The average molecular weight is 403 g/mol. The lowest BCUT2D eigenvalue weighted by Gasteiger charge is -2.48. The van der Waals surface area contributed by atoms with E-state index in [1.54, 1.807) is 0 Å². The number of rotatable bonds is 8. The van der Waals surface area contributed by atoms with Gasteiger partial charge in [-0.25, -0.2) is 8.78 Å². The molecule has 0 amide bonds. The maximum atomic E-state index is 15.6. The van der Waals surface area contributed by atoms with Crippen LogP contribution in [0.15, 0.2) is 0 Å². The van der Waals surface area contributed by atoms with Crippen LogP contribution in [0.4, 0.5) is 8.78 Å². The van der Waals surface area contributed by atoms with Gasteiger partial charge < -0.3 is 9.80 Å². The first-order chi connectivity index (χ1) is 12.8. The van der Waals surface area contributed by atoms with Crippen LogP contribution >= 0.6 is 0 Å². The van der Waals surface area contributed by atoms with Gasteiger partial charge in [-0.05, 0) is 87.6 Å². The predicted octanol–water partition coefficient (Wildman–Crippen LogP) is 3.28. The first-order valence-electron chi connectivity index (χ1n) is 11.0. The monoisotopic (exact) mass is 402 g/mol. The second-order valence-electron chi connectivity index (χ2n) is 10.7. The Labute approximate surface area is 172 Å². The Bertz CT molecular complexity index is 499. The van der Waals surface area contributed by atoms with Gasteiger partial charge in [0, 0.05) is 44.3 Å². The van der Waals surface area contributed by atoms with Gasteiger partial charge in [-0.15, -0.1) is 0 Å². The summed E-state index contributed by atoms with van der Waals surface area (Å²) in [5.41, 5.74) is -2.48. The molecule has 2 aliphatic rings. The second kappa shape index (κ2) is 9.23. The summed E-state index contributed by atoms with van der Waals surface area (Å²) in [5, 5.41) is 0. The first-order valence-corrected chi connectivity index (χ1v) is 11.0. The van der Waals surface area contributed by atoms with Crippen LogP contribution in [0.3, 0.4) is 0 Å². The summed E-state index contributed by atoms with van der Waals surface area (Å²) in [6, 6.07) is 0.389. The number of piperidine rings is 2. The largest absolute Gasteiger partial charge is 0.306 e. The molecule has 0 aliphatic carbocycles. The van der Waals surface area contributed by atoms with Gasteiger partial charge in [-0.2, -0.15) is 0 Å². The van der Waals surface area contributed by atoms with Crippen LogP contribution in [-0.4, -0.2) is 109 Å². The van der Waals surface area contributed by atoms with E-state index in [0.717, 1.165) is 32.5 Å². The molecule has 2 fully saturated rings. The van der Waals surface area contributed by atoms with Gasteiger partial charge >= 0.3 is 0 Å². The topological polar surface area (TPSA) is 13.0 Å². The van der Waals surface area contributed by atoms with Crippen LogP contribution in [-0.2, 0) is 0 Å². The number of likely N-dealkylation sites (N-methyl/N-ethyl adjacent to an activating group) is 1. The third-order valence-corrected chi connectivity index (χ3v) is 6.48. The summed E-state index contributed by atoms with van der Waals surface area (Å²) < 4.78 is 30.9. The van der Waals surface area contributed by atoms with Gasteiger partial charge in [0.15, 0.2) is 0 Å². The van der Waals surface area contributed by atoms with E-state index in [1.165, 1.54) is 0 Å². The highest BCUT2D eigenvalue weighted by atomic mass is 19.1. The van der Waals surface area contributed by atoms with Crippen molar-refractivity contribution in [1.29, 1.82) is 0 Å². The summed E-state index contributed by atoms with van der Waals surface area (Å²) in [6.45, 7) is 13.2. The Morgan fingerprint density at radius 3 is 2.07 bits per heavy atom. The number of alkyl halides is 2. The van der Waals surface area contributed by atoms with Gasteiger partial charge in [0.05, 0.1) is 0 Å². The van der Waals surface area contributed by atoms with Gasteiger partial charge in [0.1, 0.15) is 11.3 Å². The Hall–Kier alpha value is -0.300. The lowest BCUT2D eigenvalue weighted by atomic mass is 9.89. The van der Waals surface area contributed by atoms with Crippen molar-refractivity contribution in [3.8, 4) is 0 Å². The van der Waals surface area contributed by atoms with E-state index in [9.17, 15) is 0 Å². The van der Waals surface area contributed by atoms with Crippen molar-refractivity contribution in [1.82, 2.24) is 19.6 Å². The molecule has 4 nitrogen and oxygen atoms in total. The van der Waals surface area contributed by atoms with Crippen LogP contribution in [0.2, 0.25) is 0 Å². The van der Waals surface area contributed by atoms with Crippen molar-refractivity contribution < 1.29 is 8.78 Å². The van der Waals surface area contributed by atoms with Crippen molar-refractivity contribution in [2.45, 2.75) is 76.3 Å². The molecule has 0 bridgehead atoms. The molecule has 0 spiro atoms. The molecule has 0 radical (unpaired) electrons. The SMILES string of the molecule is CC(C)N1CCCC(F)(CN(C)CC(C)(C)N2CCC[C@](F)(CN(C)C)C2)C1. The molecule has 0 aromatic heterocycles. The van der Waals surface area contributed by atoms with E-state index < -0.39 is 11.3 Å². The molecule has 2 heterocycles. The number of hydrogen-bond donors (Lipinski definition) is 0. The molecule has 28 heavy (non-hydrogen) atoms. The summed E-state index contributed by atoms with van der Waals surface area (Å²) in [5.74, 6) is 0. The molecule has 0 aromatic carbocycles. The molecule has 0 saturated carbocycles. The van der Waals surface area contributed by atoms with E-state index in [0.29, 0.717) is 45.1 Å². The highest BCUT2D eigenvalue weighted by molar-refractivity contribution is 4.97. The van der Waals surface area contributed by atoms with E-state index in [4.69, 9.17) is 0 Å². The Morgan fingerprint density at radius 2 is 1.50 bits per heavy atom. The van der Waals surface area contributed by atoms with E-state index in [2.05, 4.69) is 42.4 Å². The van der Waals surface area contributed by atoms with E-state index >= 15 is 8.78 Å². The lowest BCUT2D eigenvalue weighted by molar-refractivity contribution is -0.0383. The average Bonchev–Trinajstić information content (AvgIpc) is 2.52. The van der Waals surface area contributed by atoms with Crippen LogP contribution < -0.4 is 0 Å². The number of nitrogens with zero attached hydrogens (tertiary/aromatic N) is 4. The van der Waals surface area contributed by atoms with Crippen LogP contribution in [0.25, 0.3) is 0 Å². The molecule has 166 valence electrons. The molecule has 2 rings (SSSR count). The second-order valence-corrected chi connectivity index (χ2v) is 10.7. The fraction of sp³-hybridized carbons (Fsp3) is 1.00. The highest BCUT2D eigenvalue weighted by Crippen LogP contribution is 2.32. The third kappa shape index (κ3) is 6.61. The zero-order chi connectivity index (χ0) is 21.2. The van der Waals surface area contributed by atoms with Crippen molar-refractivity contribution >= 4 is 0 Å². The minimum absolute atomic E-state index is 0.179. The quantitative estimate of drug-likeness (QED) is 0.618. The summed E-state index contributed by atoms with van der Waals surface area (Å²) in [6.07, 6.45) is 3.08. The van der Waals surface area contributed by atoms with Gasteiger partial charge in [0.25, 0.3) is 0 Å². The minimum Gasteiger partial charge on any atom is -0.306 e. The predicted molar refractivity (Wildman–Crippen MR) is 115 cm³/mol. The normalized spacial score (nSPS) is 31.3. The van der Waals surface area contributed by atoms with E-state index in [1.807, 2.05) is 26.0 Å². The molecular weight excluding hydrogens is 358 g/mol. The summed E-state index contributed by atoms with van der Waals surface area (Å²) in [7, 11) is 5.89. The zero-order valence-corrected chi connectivity index (χ0v) is 19.4. The summed E-state index contributed by atoms with van der Waals surface area (Å²) >= 11 is 0. The third-order valence-electron chi connectivity index (χ3n) is 6.48.